The van der Waals surface area contributed by atoms with Crippen LogP contribution in [0.2, 0.25) is 0 Å². The average Bonchev–Trinajstić information content (AvgIpc) is 3.41. The van der Waals surface area contributed by atoms with Crippen molar-refractivity contribution in [3.05, 3.63) is 65.1 Å². The van der Waals surface area contributed by atoms with E-state index in [1.807, 2.05) is 20.8 Å². The number of carbonyl (C=O) groups excluding carboxylic acids is 3. The molecule has 47 heavy (non-hydrogen) atoms. The summed E-state index contributed by atoms with van der Waals surface area (Å²) in [5, 5.41) is 2.50. The topological polar surface area (TPSA) is 146 Å². The van der Waals surface area contributed by atoms with Crippen LogP contribution < -0.4 is 20.5 Å². The largest absolute Gasteiger partial charge is 0.490 e. The lowest BCUT2D eigenvalue weighted by molar-refractivity contribution is -0.128. The Bertz CT molecular complexity index is 1560. The van der Waals surface area contributed by atoms with Crippen LogP contribution in [0.15, 0.2) is 40.8 Å². The van der Waals surface area contributed by atoms with Gasteiger partial charge in [-0.3, -0.25) is 9.59 Å². The van der Waals surface area contributed by atoms with Crippen LogP contribution in [0.4, 0.5) is 22.4 Å². The van der Waals surface area contributed by atoms with Gasteiger partial charge in [0.2, 0.25) is 11.8 Å². The van der Waals surface area contributed by atoms with E-state index in [0.717, 1.165) is 6.07 Å². The van der Waals surface area contributed by atoms with Crippen molar-refractivity contribution in [2.45, 2.75) is 65.7 Å². The van der Waals surface area contributed by atoms with Gasteiger partial charge in [-0.1, -0.05) is 26.8 Å². The van der Waals surface area contributed by atoms with Crippen molar-refractivity contribution in [1.29, 1.82) is 0 Å². The summed E-state index contributed by atoms with van der Waals surface area (Å²) in [4.78, 5) is 42.8. The van der Waals surface area contributed by atoms with Gasteiger partial charge in [-0.25, -0.2) is 18.6 Å². The fraction of sp³-hybridized carbons (Fsp3) is 0.438. The molecule has 1 unspecified atom stereocenters. The maximum atomic E-state index is 14.2. The monoisotopic (exact) mass is 666 g/mol. The first kappa shape index (κ1) is 36.6. The standard InChI is InChI=1S/C32H38F4N4O7/c1-32(2,3)16-24(46-31(37)43)27-26(28(42)38-17-19-9-11-20(33)15-21(19)34)39-29(47-27)18-10-12-22(45-30(35)36)23(14-18)44-13-7-6-8-25(41)40(4)5/h9-12,14-15,24,30H,6-8,13,16-17H2,1-5H3,(H2,37,43)(H,38,42). The summed E-state index contributed by atoms with van der Waals surface area (Å²) < 4.78 is 75.5. The van der Waals surface area contributed by atoms with E-state index in [0.29, 0.717) is 18.9 Å². The molecule has 0 bridgehead atoms. The molecule has 256 valence electrons. The molecule has 3 N–H and O–H groups in total. The molecule has 0 spiro atoms. The van der Waals surface area contributed by atoms with E-state index >= 15 is 0 Å². The second kappa shape index (κ2) is 16.1. The van der Waals surface area contributed by atoms with Gasteiger partial charge >= 0.3 is 12.7 Å². The van der Waals surface area contributed by atoms with E-state index < -0.39 is 41.8 Å². The van der Waals surface area contributed by atoms with Gasteiger partial charge in [0, 0.05) is 44.3 Å². The number of alkyl halides is 2. The van der Waals surface area contributed by atoms with Crippen LogP contribution in [0.5, 0.6) is 11.5 Å². The van der Waals surface area contributed by atoms with Crippen molar-refractivity contribution >= 4 is 17.9 Å². The molecular formula is C32H38F4N4O7. The molecule has 15 heteroatoms. The molecule has 1 aromatic heterocycles. The van der Waals surface area contributed by atoms with Gasteiger partial charge in [0.05, 0.1) is 6.61 Å². The summed E-state index contributed by atoms with van der Waals surface area (Å²) in [6.07, 6.45) is -0.993. The Morgan fingerprint density at radius 3 is 2.38 bits per heavy atom. The molecule has 1 atom stereocenters. The Morgan fingerprint density at radius 2 is 1.77 bits per heavy atom. The second-order valence-corrected chi connectivity index (χ2v) is 12.0. The number of benzene rings is 2. The van der Waals surface area contributed by atoms with Gasteiger partial charge < -0.3 is 34.6 Å². The van der Waals surface area contributed by atoms with Crippen LogP contribution in [-0.4, -0.2) is 55.1 Å². The first-order valence-corrected chi connectivity index (χ1v) is 14.6. The lowest BCUT2D eigenvalue weighted by Crippen LogP contribution is -2.27. The molecule has 2 aromatic carbocycles. The summed E-state index contributed by atoms with van der Waals surface area (Å²) in [6.45, 7) is 2.11. The van der Waals surface area contributed by atoms with E-state index in [1.165, 1.54) is 29.2 Å². The molecule has 0 fully saturated rings. The first-order valence-electron chi connectivity index (χ1n) is 14.6. The fourth-order valence-electron chi connectivity index (χ4n) is 4.38. The van der Waals surface area contributed by atoms with Crippen LogP contribution in [-0.2, 0) is 16.1 Å². The third kappa shape index (κ3) is 11.2. The number of primary amides is 1. The van der Waals surface area contributed by atoms with E-state index in [2.05, 4.69) is 15.0 Å². The van der Waals surface area contributed by atoms with Crippen LogP contribution in [0, 0.1) is 17.0 Å². The number of nitrogens with one attached hydrogen (secondary N) is 1. The quantitative estimate of drug-likeness (QED) is 0.141. The summed E-state index contributed by atoms with van der Waals surface area (Å²) >= 11 is 0. The smallest absolute Gasteiger partial charge is 0.405 e. The lowest BCUT2D eigenvalue weighted by atomic mass is 9.88. The molecule has 11 nitrogen and oxygen atoms in total. The number of rotatable bonds is 15. The van der Waals surface area contributed by atoms with Crippen LogP contribution in [0.3, 0.4) is 0 Å². The van der Waals surface area contributed by atoms with Gasteiger partial charge in [0.1, 0.15) is 11.6 Å². The molecule has 3 rings (SSSR count). The van der Waals surface area contributed by atoms with E-state index in [-0.39, 0.29) is 71.9 Å². The molecular weight excluding hydrogens is 628 g/mol. The molecule has 1 heterocycles. The minimum Gasteiger partial charge on any atom is -0.490 e. The molecule has 0 aliphatic rings. The van der Waals surface area contributed by atoms with Gasteiger partial charge in [0.25, 0.3) is 5.91 Å². The van der Waals surface area contributed by atoms with Gasteiger partial charge in [-0.2, -0.15) is 8.78 Å². The highest BCUT2D eigenvalue weighted by molar-refractivity contribution is 5.94. The maximum absolute atomic E-state index is 14.2. The third-order valence-corrected chi connectivity index (χ3v) is 6.62. The molecule has 0 saturated heterocycles. The number of oxazole rings is 1. The summed E-state index contributed by atoms with van der Waals surface area (Å²) in [5.41, 5.74) is 4.71. The highest BCUT2D eigenvalue weighted by Crippen LogP contribution is 2.38. The van der Waals surface area contributed by atoms with Crippen molar-refractivity contribution < 1.29 is 50.6 Å². The summed E-state index contributed by atoms with van der Waals surface area (Å²) in [6, 6.07) is 6.75. The van der Waals surface area contributed by atoms with Crippen LogP contribution in [0.25, 0.3) is 11.5 Å². The minimum absolute atomic E-state index is 0.00728. The number of amides is 3. The second-order valence-electron chi connectivity index (χ2n) is 12.0. The number of carbonyl (C=O) groups is 3. The Morgan fingerprint density at radius 1 is 1.04 bits per heavy atom. The SMILES string of the molecule is CN(C)C(=O)CCCCOc1cc(-c2nc(C(=O)NCc3ccc(F)cc3F)c(C(CC(C)(C)C)OC(N)=O)o2)ccc1OC(F)F. The molecule has 0 saturated carbocycles. The van der Waals surface area contributed by atoms with E-state index in [9.17, 15) is 31.9 Å². The Balaban J connectivity index is 1.98. The highest BCUT2D eigenvalue weighted by Gasteiger charge is 2.33. The Kier molecular flexibility index (Phi) is 12.6. The number of nitrogens with two attached hydrogens (primary N) is 1. The lowest BCUT2D eigenvalue weighted by Gasteiger charge is -2.24. The van der Waals surface area contributed by atoms with Crippen molar-refractivity contribution in [2.24, 2.45) is 11.1 Å². The predicted molar refractivity (Wildman–Crippen MR) is 162 cm³/mol. The molecule has 0 radical (unpaired) electrons. The van der Waals surface area contributed by atoms with Crippen molar-refractivity contribution in [2.75, 3.05) is 20.7 Å². The minimum atomic E-state index is -3.15. The zero-order chi connectivity index (χ0) is 34.9. The number of unbranched alkanes of at least 4 members (excludes halogenated alkanes) is 1. The third-order valence-electron chi connectivity index (χ3n) is 6.62. The number of hydrogen-bond acceptors (Lipinski definition) is 8. The van der Waals surface area contributed by atoms with Crippen molar-refractivity contribution in [3.63, 3.8) is 0 Å². The Labute approximate surface area is 269 Å². The van der Waals surface area contributed by atoms with E-state index in [1.54, 1.807) is 14.1 Å². The van der Waals surface area contributed by atoms with Crippen molar-refractivity contribution in [3.8, 4) is 23.0 Å². The van der Waals surface area contributed by atoms with Crippen LogP contribution in [0.1, 0.15) is 74.4 Å². The van der Waals surface area contributed by atoms with Gasteiger partial charge in [-0.15, -0.1) is 0 Å². The number of aromatic nitrogens is 1. The maximum Gasteiger partial charge on any atom is 0.405 e. The predicted octanol–water partition coefficient (Wildman–Crippen LogP) is 6.36. The Hall–Kier alpha value is -4.82. The zero-order valence-electron chi connectivity index (χ0n) is 26.7. The normalized spacial score (nSPS) is 12.0. The van der Waals surface area contributed by atoms with Crippen LogP contribution >= 0.6 is 0 Å². The highest BCUT2D eigenvalue weighted by atomic mass is 19.3. The zero-order valence-corrected chi connectivity index (χ0v) is 26.7. The average molecular weight is 667 g/mol. The van der Waals surface area contributed by atoms with Gasteiger partial charge in [0.15, 0.2) is 29.1 Å². The number of nitrogens with zero attached hydrogens (tertiary/aromatic N) is 2. The number of hydrogen-bond donors (Lipinski definition) is 2. The number of halogens is 4. The summed E-state index contributed by atoms with van der Waals surface area (Å²) in [5.74, 6) is -3.28. The van der Waals surface area contributed by atoms with E-state index in [4.69, 9.17) is 19.6 Å². The molecule has 3 amide bonds. The van der Waals surface area contributed by atoms with Gasteiger partial charge in [-0.05, 0) is 48.9 Å². The molecule has 0 aliphatic heterocycles. The number of ether oxygens (including phenoxy) is 3. The molecule has 3 aromatic rings. The van der Waals surface area contributed by atoms with Crippen molar-refractivity contribution in [1.82, 2.24) is 15.2 Å². The summed E-state index contributed by atoms with van der Waals surface area (Å²) in [7, 11) is 3.27. The molecule has 0 aliphatic carbocycles. The first-order chi connectivity index (χ1) is 22.0. The fourth-order valence-corrected chi connectivity index (χ4v) is 4.38.